The number of carbonyl (C=O) groups is 1. The van der Waals surface area contributed by atoms with Gasteiger partial charge in [-0.15, -0.1) is 0 Å². The van der Waals surface area contributed by atoms with Gasteiger partial charge in [-0.25, -0.2) is 4.98 Å². The van der Waals surface area contributed by atoms with E-state index in [0.717, 1.165) is 17.8 Å². The van der Waals surface area contributed by atoms with Crippen LogP contribution in [0.1, 0.15) is 27.3 Å². The third-order valence-corrected chi connectivity index (χ3v) is 3.78. The van der Waals surface area contributed by atoms with Gasteiger partial charge in [0.25, 0.3) is 5.91 Å². The van der Waals surface area contributed by atoms with E-state index in [0.29, 0.717) is 18.7 Å². The zero-order valence-corrected chi connectivity index (χ0v) is 13.7. The molecule has 0 atom stereocenters. The molecule has 0 fully saturated rings. The van der Waals surface area contributed by atoms with E-state index in [9.17, 15) is 18.0 Å². The average Bonchev–Trinajstić information content (AvgIpc) is 3.23. The summed E-state index contributed by atoms with van der Waals surface area (Å²) in [5.41, 5.74) is 0.588. The maximum Gasteiger partial charge on any atom is 0.416 e. The predicted octanol–water partition coefficient (Wildman–Crippen LogP) is 3.36. The van der Waals surface area contributed by atoms with Crippen molar-refractivity contribution in [3.8, 4) is 11.3 Å². The Bertz CT molecular complexity index is 901. The van der Waals surface area contributed by atoms with Crippen molar-refractivity contribution in [1.29, 1.82) is 0 Å². The summed E-state index contributed by atoms with van der Waals surface area (Å²) in [5, 5.41) is 6.44. The smallest absolute Gasteiger partial charge is 0.355 e. The summed E-state index contributed by atoms with van der Waals surface area (Å²) >= 11 is 0. The molecule has 1 aromatic carbocycles. The van der Waals surface area contributed by atoms with Gasteiger partial charge in [0.2, 0.25) is 0 Å². The molecule has 3 aromatic rings. The summed E-state index contributed by atoms with van der Waals surface area (Å²) < 4.78 is 43.9. The molecule has 26 heavy (non-hydrogen) atoms. The van der Waals surface area contributed by atoms with Crippen molar-refractivity contribution in [3.63, 3.8) is 0 Å². The molecule has 2 aromatic heterocycles. The van der Waals surface area contributed by atoms with Crippen molar-refractivity contribution in [1.82, 2.24) is 20.4 Å². The van der Waals surface area contributed by atoms with Crippen molar-refractivity contribution in [2.24, 2.45) is 0 Å². The summed E-state index contributed by atoms with van der Waals surface area (Å²) in [6.45, 7) is 1.89. The Balaban J connectivity index is 1.81. The van der Waals surface area contributed by atoms with Crippen molar-refractivity contribution in [2.75, 3.05) is 6.54 Å². The molecule has 0 aliphatic carbocycles. The fraction of sp³-hybridized carbons (Fsp3) is 0.235. The van der Waals surface area contributed by atoms with Gasteiger partial charge in [-0.1, -0.05) is 17.3 Å². The lowest BCUT2D eigenvalue weighted by molar-refractivity contribution is -0.137. The van der Waals surface area contributed by atoms with Crippen molar-refractivity contribution >= 4 is 5.91 Å². The molecular formula is C17H15F3N4O2. The van der Waals surface area contributed by atoms with Gasteiger partial charge in [0, 0.05) is 30.4 Å². The molecule has 0 radical (unpaired) electrons. The first-order chi connectivity index (χ1) is 12.4. The lowest BCUT2D eigenvalue weighted by Crippen LogP contribution is -2.26. The molecule has 0 bridgehead atoms. The Morgan fingerprint density at radius 3 is 2.85 bits per heavy atom. The normalized spacial score (nSPS) is 11.5. The highest BCUT2D eigenvalue weighted by Crippen LogP contribution is 2.33. The molecule has 1 amide bonds. The summed E-state index contributed by atoms with van der Waals surface area (Å²) in [5.74, 6) is -0.455. The van der Waals surface area contributed by atoms with Gasteiger partial charge in [-0.3, -0.25) is 4.79 Å². The Hall–Kier alpha value is -3.10. The quantitative estimate of drug-likeness (QED) is 0.727. The Morgan fingerprint density at radius 2 is 2.15 bits per heavy atom. The number of halogens is 3. The summed E-state index contributed by atoms with van der Waals surface area (Å²) in [6, 6.07) is 4.59. The second-order valence-corrected chi connectivity index (χ2v) is 5.63. The largest absolute Gasteiger partial charge is 0.416 e. The number of amides is 1. The highest BCUT2D eigenvalue weighted by atomic mass is 19.4. The van der Waals surface area contributed by atoms with E-state index >= 15 is 0 Å². The maximum absolute atomic E-state index is 12.9. The topological polar surface area (TPSA) is 83.8 Å². The molecule has 0 aliphatic heterocycles. The standard InChI is InChI=1S/C17H15F3N4O2/c1-10-14(16(25)22-6-5-13-8-21-9-23-13)15(26-24-10)11-3-2-4-12(7-11)17(18,19)20/h2-4,7-9H,5-6H2,1H3,(H,21,23)(H,22,25). The number of aryl methyl sites for hydroxylation is 1. The van der Waals surface area contributed by atoms with Crippen LogP contribution in [0.4, 0.5) is 13.2 Å². The molecule has 0 unspecified atom stereocenters. The van der Waals surface area contributed by atoms with E-state index in [1.807, 2.05) is 0 Å². The first-order valence-electron chi connectivity index (χ1n) is 7.75. The van der Waals surface area contributed by atoms with Gasteiger partial charge in [0.15, 0.2) is 5.76 Å². The molecule has 0 saturated carbocycles. The van der Waals surface area contributed by atoms with E-state index in [4.69, 9.17) is 4.52 Å². The molecular weight excluding hydrogens is 349 g/mol. The molecule has 2 N–H and O–H groups in total. The second-order valence-electron chi connectivity index (χ2n) is 5.63. The van der Waals surface area contributed by atoms with Crippen LogP contribution in [-0.4, -0.2) is 27.6 Å². The van der Waals surface area contributed by atoms with Crippen LogP contribution in [0.15, 0.2) is 41.3 Å². The number of aromatic nitrogens is 3. The number of nitrogens with zero attached hydrogens (tertiary/aromatic N) is 2. The maximum atomic E-state index is 12.9. The minimum absolute atomic E-state index is 0.00707. The molecule has 3 rings (SSSR count). The fourth-order valence-corrected chi connectivity index (χ4v) is 2.49. The Kier molecular flexibility index (Phi) is 4.79. The van der Waals surface area contributed by atoms with Crippen LogP contribution < -0.4 is 5.32 Å². The van der Waals surface area contributed by atoms with E-state index in [-0.39, 0.29) is 16.9 Å². The second kappa shape index (κ2) is 7.03. The number of hydrogen-bond acceptors (Lipinski definition) is 4. The number of nitrogens with one attached hydrogen (secondary N) is 2. The van der Waals surface area contributed by atoms with Gasteiger partial charge >= 0.3 is 6.18 Å². The molecule has 0 spiro atoms. The first kappa shape index (κ1) is 17.7. The molecule has 0 saturated heterocycles. The molecule has 2 heterocycles. The summed E-state index contributed by atoms with van der Waals surface area (Å²) in [4.78, 5) is 19.3. The van der Waals surface area contributed by atoms with Crippen LogP contribution >= 0.6 is 0 Å². The van der Waals surface area contributed by atoms with Crippen LogP contribution in [0, 0.1) is 6.92 Å². The number of aromatic amines is 1. The molecule has 6 nitrogen and oxygen atoms in total. The number of alkyl halides is 3. The van der Waals surface area contributed by atoms with E-state index < -0.39 is 17.6 Å². The molecule has 9 heteroatoms. The number of hydrogen-bond donors (Lipinski definition) is 2. The van der Waals surface area contributed by atoms with Crippen molar-refractivity contribution < 1.29 is 22.5 Å². The zero-order chi connectivity index (χ0) is 18.7. The van der Waals surface area contributed by atoms with Crippen LogP contribution in [0.3, 0.4) is 0 Å². The summed E-state index contributed by atoms with van der Waals surface area (Å²) in [7, 11) is 0. The number of imidazole rings is 1. The summed E-state index contributed by atoms with van der Waals surface area (Å²) in [6.07, 6.45) is -0.773. The van der Waals surface area contributed by atoms with Gasteiger partial charge in [0.1, 0.15) is 5.56 Å². The van der Waals surface area contributed by atoms with E-state index in [1.165, 1.54) is 18.5 Å². The Labute approximate surface area is 146 Å². The Morgan fingerprint density at radius 1 is 1.35 bits per heavy atom. The number of H-pyrrole nitrogens is 1. The number of carbonyl (C=O) groups excluding carboxylic acids is 1. The minimum atomic E-state index is -4.49. The van der Waals surface area contributed by atoms with Gasteiger partial charge in [0.05, 0.1) is 17.6 Å². The third-order valence-electron chi connectivity index (χ3n) is 3.78. The van der Waals surface area contributed by atoms with Crippen LogP contribution in [0.2, 0.25) is 0 Å². The highest BCUT2D eigenvalue weighted by Gasteiger charge is 2.31. The van der Waals surface area contributed by atoms with Crippen LogP contribution in [0.25, 0.3) is 11.3 Å². The van der Waals surface area contributed by atoms with E-state index in [1.54, 1.807) is 13.1 Å². The zero-order valence-electron chi connectivity index (χ0n) is 13.7. The van der Waals surface area contributed by atoms with Gasteiger partial charge in [-0.2, -0.15) is 13.2 Å². The number of rotatable bonds is 5. The molecule has 136 valence electrons. The van der Waals surface area contributed by atoms with Crippen LogP contribution in [-0.2, 0) is 12.6 Å². The predicted molar refractivity (Wildman–Crippen MR) is 86.3 cm³/mol. The lowest BCUT2D eigenvalue weighted by atomic mass is 10.0. The third kappa shape index (κ3) is 3.76. The van der Waals surface area contributed by atoms with Gasteiger partial charge < -0.3 is 14.8 Å². The minimum Gasteiger partial charge on any atom is -0.355 e. The van der Waals surface area contributed by atoms with Gasteiger partial charge in [-0.05, 0) is 19.1 Å². The first-order valence-corrected chi connectivity index (χ1v) is 7.75. The fourth-order valence-electron chi connectivity index (χ4n) is 2.49. The SMILES string of the molecule is Cc1noc(-c2cccc(C(F)(F)F)c2)c1C(=O)NCCc1cnc[nH]1. The van der Waals surface area contributed by atoms with Crippen molar-refractivity contribution in [2.45, 2.75) is 19.5 Å². The monoisotopic (exact) mass is 364 g/mol. The lowest BCUT2D eigenvalue weighted by Gasteiger charge is -2.08. The van der Waals surface area contributed by atoms with Crippen molar-refractivity contribution in [3.05, 3.63) is 59.3 Å². The highest BCUT2D eigenvalue weighted by molar-refractivity contribution is 6.00. The van der Waals surface area contributed by atoms with Crippen LogP contribution in [0.5, 0.6) is 0 Å². The van der Waals surface area contributed by atoms with E-state index in [2.05, 4.69) is 20.4 Å². The average molecular weight is 364 g/mol. The molecule has 0 aliphatic rings. The number of benzene rings is 1.